The van der Waals surface area contributed by atoms with E-state index in [0.29, 0.717) is 5.02 Å². The van der Waals surface area contributed by atoms with E-state index in [0.717, 1.165) is 23.0 Å². The molecule has 0 aliphatic carbocycles. The highest BCUT2D eigenvalue weighted by Gasteiger charge is 2.20. The highest BCUT2D eigenvalue weighted by molar-refractivity contribution is 7.86. The molecule has 106 valence electrons. The minimum Gasteiger partial charge on any atom is -0.320 e. The molecule has 20 heavy (non-hydrogen) atoms. The van der Waals surface area contributed by atoms with Crippen molar-refractivity contribution in [1.82, 2.24) is 0 Å². The molecule has 0 unspecified atom stereocenters. The third-order valence-corrected chi connectivity index (χ3v) is 5.08. The minimum atomic E-state index is -4.91. The molecule has 8 heteroatoms. The molecule has 1 N–H and O–H groups in total. The van der Waals surface area contributed by atoms with Crippen LogP contribution in [0, 0.1) is 6.92 Å². The molecule has 0 aliphatic rings. The number of hydrogen-bond acceptors (Lipinski definition) is 4. The Morgan fingerprint density at radius 1 is 1.35 bits per heavy atom. The zero-order chi connectivity index (χ0) is 14.9. The van der Waals surface area contributed by atoms with E-state index in [-0.39, 0.29) is 10.6 Å². The van der Waals surface area contributed by atoms with E-state index in [1.165, 1.54) is 18.2 Å². The summed E-state index contributed by atoms with van der Waals surface area (Å²) >= 11 is 7.09. The van der Waals surface area contributed by atoms with Crippen LogP contribution in [0.5, 0.6) is 0 Å². The van der Waals surface area contributed by atoms with Gasteiger partial charge >= 0.3 is 10.2 Å². The van der Waals surface area contributed by atoms with Gasteiger partial charge in [0.05, 0.1) is 10.7 Å². The number of hydrogen-bond donors (Lipinski definition) is 1. The largest absolute Gasteiger partial charge is 0.334 e. The molecule has 0 saturated heterocycles. The first-order valence-electron chi connectivity index (χ1n) is 5.39. The quantitative estimate of drug-likeness (QED) is 0.872. The lowest BCUT2D eigenvalue weighted by Gasteiger charge is -2.07. The predicted molar refractivity (Wildman–Crippen MR) is 76.8 cm³/mol. The standard InChI is InChI=1S/C12H9ClFNO3S2/c1-7-6-19-11(10(7)13)12(16)15-8-4-2-3-5-9(8)20(14,17)18/h2-6H,1H3,(H,15,16). The number of anilines is 1. The lowest BCUT2D eigenvalue weighted by atomic mass is 10.3. The van der Waals surface area contributed by atoms with Crippen molar-refractivity contribution >= 4 is 44.8 Å². The van der Waals surface area contributed by atoms with Gasteiger partial charge in [0.15, 0.2) is 0 Å². The number of nitrogens with one attached hydrogen (secondary N) is 1. The van der Waals surface area contributed by atoms with E-state index in [4.69, 9.17) is 11.6 Å². The molecule has 0 saturated carbocycles. The number of benzene rings is 1. The van der Waals surface area contributed by atoms with Crippen LogP contribution in [0.2, 0.25) is 5.02 Å². The van der Waals surface area contributed by atoms with Crippen LogP contribution < -0.4 is 5.32 Å². The van der Waals surface area contributed by atoms with Gasteiger partial charge in [0, 0.05) is 0 Å². The highest BCUT2D eigenvalue weighted by atomic mass is 35.5. The van der Waals surface area contributed by atoms with Gasteiger partial charge in [0.1, 0.15) is 9.77 Å². The second kappa shape index (κ2) is 5.51. The van der Waals surface area contributed by atoms with Crippen molar-refractivity contribution in [3.05, 3.63) is 45.1 Å². The molecule has 0 aliphatic heterocycles. The summed E-state index contributed by atoms with van der Waals surface area (Å²) in [5, 5.41) is 4.36. The van der Waals surface area contributed by atoms with Gasteiger partial charge < -0.3 is 5.32 Å². The van der Waals surface area contributed by atoms with Crippen molar-refractivity contribution in [3.8, 4) is 0 Å². The monoisotopic (exact) mass is 333 g/mol. The molecule has 1 heterocycles. The highest BCUT2D eigenvalue weighted by Crippen LogP contribution is 2.29. The molecule has 0 radical (unpaired) electrons. The number of amides is 1. The maximum absolute atomic E-state index is 13.1. The fourth-order valence-electron chi connectivity index (χ4n) is 1.54. The van der Waals surface area contributed by atoms with Crippen LogP contribution in [0.3, 0.4) is 0 Å². The molecular formula is C12H9ClFNO3S2. The van der Waals surface area contributed by atoms with Gasteiger partial charge in [-0.05, 0) is 30.0 Å². The lowest BCUT2D eigenvalue weighted by Crippen LogP contribution is -2.13. The van der Waals surface area contributed by atoms with Crippen molar-refractivity contribution in [2.24, 2.45) is 0 Å². The molecule has 0 atom stereocenters. The summed E-state index contributed by atoms with van der Waals surface area (Å²) < 4.78 is 35.1. The molecule has 4 nitrogen and oxygen atoms in total. The fourth-order valence-corrected chi connectivity index (χ4v) is 3.34. The average molecular weight is 334 g/mol. The van der Waals surface area contributed by atoms with Gasteiger partial charge in [0.2, 0.25) is 0 Å². The SMILES string of the molecule is Cc1csc(C(=O)Nc2ccccc2S(=O)(=O)F)c1Cl. The second-order valence-corrected chi connectivity index (χ2v) is 6.52. The molecule has 1 aromatic heterocycles. The number of carbonyl (C=O) groups is 1. The van der Waals surface area contributed by atoms with E-state index in [2.05, 4.69) is 5.32 Å². The lowest BCUT2D eigenvalue weighted by molar-refractivity contribution is 0.103. The molecule has 0 bridgehead atoms. The molecular weight excluding hydrogens is 325 g/mol. The normalized spacial score (nSPS) is 11.3. The van der Waals surface area contributed by atoms with Crippen molar-refractivity contribution in [2.45, 2.75) is 11.8 Å². The third kappa shape index (κ3) is 3.00. The summed E-state index contributed by atoms with van der Waals surface area (Å²) in [6.07, 6.45) is 0. The van der Waals surface area contributed by atoms with Crippen molar-refractivity contribution < 1.29 is 17.1 Å². The van der Waals surface area contributed by atoms with Crippen molar-refractivity contribution in [1.29, 1.82) is 0 Å². The maximum atomic E-state index is 13.1. The van der Waals surface area contributed by atoms with Crippen LogP contribution in [-0.4, -0.2) is 14.3 Å². The number of thiophene rings is 1. The Morgan fingerprint density at radius 3 is 2.55 bits per heavy atom. The predicted octanol–water partition coefficient (Wildman–Crippen LogP) is 3.62. The summed E-state index contributed by atoms with van der Waals surface area (Å²) in [7, 11) is -4.91. The zero-order valence-corrected chi connectivity index (χ0v) is 12.6. The first kappa shape index (κ1) is 15.0. The maximum Gasteiger partial charge on any atom is 0.334 e. The average Bonchev–Trinajstić information content (AvgIpc) is 2.69. The molecule has 0 spiro atoms. The number of carbonyl (C=O) groups excluding carboxylic acids is 1. The van der Waals surface area contributed by atoms with Gasteiger partial charge in [-0.2, -0.15) is 8.42 Å². The number of para-hydroxylation sites is 1. The van der Waals surface area contributed by atoms with Crippen molar-refractivity contribution in [3.63, 3.8) is 0 Å². The first-order chi connectivity index (χ1) is 9.30. The van der Waals surface area contributed by atoms with Crippen LogP contribution >= 0.6 is 22.9 Å². The van der Waals surface area contributed by atoms with Crippen molar-refractivity contribution in [2.75, 3.05) is 5.32 Å². The smallest absolute Gasteiger partial charge is 0.320 e. The molecule has 1 aromatic carbocycles. The van der Waals surface area contributed by atoms with Crippen LogP contribution in [0.15, 0.2) is 34.5 Å². The number of halogens is 2. The van der Waals surface area contributed by atoms with Gasteiger partial charge in [0.25, 0.3) is 5.91 Å². The Morgan fingerprint density at radius 2 is 2.00 bits per heavy atom. The topological polar surface area (TPSA) is 63.2 Å². The molecule has 2 rings (SSSR count). The summed E-state index contributed by atoms with van der Waals surface area (Å²) in [5.74, 6) is -0.579. The Bertz CT molecular complexity index is 771. The third-order valence-electron chi connectivity index (χ3n) is 2.50. The first-order valence-corrected chi connectivity index (χ1v) is 8.03. The number of rotatable bonds is 3. The van der Waals surface area contributed by atoms with Crippen LogP contribution in [-0.2, 0) is 10.2 Å². The van der Waals surface area contributed by atoms with E-state index in [1.807, 2.05) is 0 Å². The molecule has 2 aromatic rings. The van der Waals surface area contributed by atoms with E-state index < -0.39 is 21.0 Å². The summed E-state index contributed by atoms with van der Waals surface area (Å²) in [6, 6.07) is 5.24. The van der Waals surface area contributed by atoms with E-state index >= 15 is 0 Å². The number of aryl methyl sites for hydroxylation is 1. The Balaban J connectivity index is 2.36. The minimum absolute atomic E-state index is 0.123. The van der Waals surface area contributed by atoms with E-state index in [9.17, 15) is 17.1 Å². The molecule has 1 amide bonds. The van der Waals surface area contributed by atoms with Crippen LogP contribution in [0.4, 0.5) is 9.57 Å². The Labute approximate surface area is 124 Å². The van der Waals surface area contributed by atoms with Gasteiger partial charge in [-0.3, -0.25) is 4.79 Å². The zero-order valence-electron chi connectivity index (χ0n) is 10.2. The summed E-state index contributed by atoms with van der Waals surface area (Å²) in [5.41, 5.74) is 0.621. The van der Waals surface area contributed by atoms with E-state index in [1.54, 1.807) is 12.3 Å². The van der Waals surface area contributed by atoms with Crippen LogP contribution in [0.25, 0.3) is 0 Å². The Hall–Kier alpha value is -1.44. The van der Waals surface area contributed by atoms with Gasteiger partial charge in [-0.25, -0.2) is 0 Å². The molecule has 0 fully saturated rings. The Kier molecular flexibility index (Phi) is 4.12. The summed E-state index contributed by atoms with van der Waals surface area (Å²) in [6.45, 7) is 1.75. The van der Waals surface area contributed by atoms with Gasteiger partial charge in [-0.1, -0.05) is 23.7 Å². The summed E-state index contributed by atoms with van der Waals surface area (Å²) in [4.78, 5) is 11.7. The van der Waals surface area contributed by atoms with Crippen LogP contribution in [0.1, 0.15) is 15.2 Å². The fraction of sp³-hybridized carbons (Fsp3) is 0.0833. The second-order valence-electron chi connectivity index (χ2n) is 3.95. The van der Waals surface area contributed by atoms with Gasteiger partial charge in [-0.15, -0.1) is 15.2 Å².